The van der Waals surface area contributed by atoms with Crippen LogP contribution < -0.4 is 12.4 Å². The van der Waals surface area contributed by atoms with Crippen molar-refractivity contribution in [1.29, 1.82) is 0 Å². The van der Waals surface area contributed by atoms with Crippen LogP contribution >= 0.6 is 0 Å². The first-order valence-electron chi connectivity index (χ1n) is 7.77. The van der Waals surface area contributed by atoms with Crippen molar-refractivity contribution in [3.8, 4) is 0 Å². The second-order valence-corrected chi connectivity index (χ2v) is 9.73. The molecular formula is C20H30ClYb. The third-order valence-corrected chi connectivity index (χ3v) is 10.1. The van der Waals surface area contributed by atoms with Gasteiger partial charge in [0, 0.05) is 0 Å². The van der Waals surface area contributed by atoms with Crippen LogP contribution in [0, 0.1) is 53.2 Å². The predicted molar refractivity (Wildman–Crippen MR) is 89.7 cm³/mol. The van der Waals surface area contributed by atoms with Crippen molar-refractivity contribution in [2.75, 3.05) is 0 Å². The number of hydrogen-bond donors (Lipinski definition) is 0. The SMILES string of the molecule is CC1=C(C)C(C)(C)[C]([Yb+][C]2=C(C)C(C)=C(C)C2(C)C)=C1C.[Cl-]. The topological polar surface area (TPSA) is 0 Å². The monoisotopic (exact) mass is 479 g/mol. The van der Waals surface area contributed by atoms with Crippen LogP contribution in [-0.4, -0.2) is 0 Å². The summed E-state index contributed by atoms with van der Waals surface area (Å²) in [6.07, 6.45) is 0. The molecule has 0 amide bonds. The molecule has 0 fully saturated rings. The van der Waals surface area contributed by atoms with Crippen LogP contribution in [0.15, 0.2) is 34.1 Å². The molecule has 0 saturated heterocycles. The molecular weight excluding hydrogens is 449 g/mol. The average molecular weight is 479 g/mol. The molecule has 131 valence electrons. The molecule has 0 aromatic rings. The van der Waals surface area contributed by atoms with E-state index in [1.807, 2.05) is 0 Å². The Kier molecular flexibility index (Phi) is 6.23. The Morgan fingerprint density at radius 2 is 0.818 bits per heavy atom. The Morgan fingerprint density at radius 3 is 1.00 bits per heavy atom. The van der Waals surface area contributed by atoms with E-state index in [-0.39, 0.29) is 23.2 Å². The Hall–Kier alpha value is 0.769. The molecule has 22 heavy (non-hydrogen) atoms. The summed E-state index contributed by atoms with van der Waals surface area (Å²) in [5.41, 5.74) is 9.73. The molecule has 0 aliphatic heterocycles. The van der Waals surface area contributed by atoms with Gasteiger partial charge in [0.25, 0.3) is 0 Å². The minimum atomic E-state index is 0. The maximum Gasteiger partial charge on any atom is -1.00 e. The Balaban J connectivity index is 0.00000242. The van der Waals surface area contributed by atoms with E-state index in [4.69, 9.17) is 0 Å². The Bertz CT molecular complexity index is 581. The third-order valence-electron chi connectivity index (χ3n) is 5.79. The van der Waals surface area contributed by atoms with E-state index in [0.29, 0.717) is 42.4 Å². The summed E-state index contributed by atoms with van der Waals surface area (Å²) in [5, 5.41) is 0. The van der Waals surface area contributed by atoms with Gasteiger partial charge in [-0.25, -0.2) is 0 Å². The van der Waals surface area contributed by atoms with E-state index in [9.17, 15) is 0 Å². The van der Waals surface area contributed by atoms with E-state index >= 15 is 0 Å². The number of hydrogen-bond acceptors (Lipinski definition) is 0. The third kappa shape index (κ3) is 2.92. The van der Waals surface area contributed by atoms with Crippen molar-refractivity contribution in [3.63, 3.8) is 0 Å². The van der Waals surface area contributed by atoms with Crippen molar-refractivity contribution in [1.82, 2.24) is 0 Å². The maximum atomic E-state index is 2.41. The van der Waals surface area contributed by atoms with E-state index in [0.717, 1.165) is 0 Å². The molecule has 0 saturated carbocycles. The van der Waals surface area contributed by atoms with Crippen molar-refractivity contribution in [2.24, 2.45) is 10.8 Å². The van der Waals surface area contributed by atoms with Crippen molar-refractivity contribution >= 4 is 0 Å². The van der Waals surface area contributed by atoms with Gasteiger partial charge in [-0.3, -0.25) is 0 Å². The van der Waals surface area contributed by atoms with Crippen LogP contribution in [0.4, 0.5) is 0 Å². The second-order valence-electron chi connectivity index (χ2n) is 7.58. The van der Waals surface area contributed by atoms with E-state index in [2.05, 4.69) is 69.2 Å². The molecule has 2 rings (SSSR count). The average Bonchev–Trinajstić information content (AvgIpc) is 2.63. The van der Waals surface area contributed by atoms with Gasteiger partial charge in [-0.05, 0) is 0 Å². The van der Waals surface area contributed by atoms with Crippen LogP contribution in [-0.2, 0) is 0 Å². The number of halogens is 1. The quantitative estimate of drug-likeness (QED) is 0.571. The predicted octanol–water partition coefficient (Wildman–Crippen LogP) is 3.38. The van der Waals surface area contributed by atoms with Crippen molar-refractivity contribution in [2.45, 2.75) is 69.2 Å². The molecule has 0 aromatic heterocycles. The minimum Gasteiger partial charge on any atom is -1.00 e. The van der Waals surface area contributed by atoms with Gasteiger partial charge >= 0.3 is 157 Å². The van der Waals surface area contributed by atoms with Gasteiger partial charge in [-0.1, -0.05) is 0 Å². The van der Waals surface area contributed by atoms with Crippen LogP contribution in [0.2, 0.25) is 0 Å². The normalized spacial score (nSPS) is 23.9. The molecule has 0 unspecified atom stereocenters. The molecule has 2 aliphatic rings. The van der Waals surface area contributed by atoms with Crippen LogP contribution in [0.25, 0.3) is 0 Å². The van der Waals surface area contributed by atoms with Gasteiger partial charge in [0.1, 0.15) is 0 Å². The Labute approximate surface area is 167 Å². The molecule has 0 bridgehead atoms. The van der Waals surface area contributed by atoms with Crippen LogP contribution in [0.5, 0.6) is 0 Å². The van der Waals surface area contributed by atoms with Gasteiger partial charge < -0.3 is 12.4 Å². The van der Waals surface area contributed by atoms with Gasteiger partial charge in [-0.15, -0.1) is 0 Å². The number of rotatable bonds is 2. The van der Waals surface area contributed by atoms with Crippen molar-refractivity contribution in [3.05, 3.63) is 34.1 Å². The summed E-state index contributed by atoms with van der Waals surface area (Å²) in [5.74, 6) is 0. The van der Waals surface area contributed by atoms with Gasteiger partial charge in [0.15, 0.2) is 0 Å². The fraction of sp³-hybridized carbons (Fsp3) is 0.600. The summed E-state index contributed by atoms with van der Waals surface area (Å²) in [4.78, 5) is 0. The molecule has 0 N–H and O–H groups in total. The van der Waals surface area contributed by atoms with E-state index < -0.39 is 0 Å². The summed E-state index contributed by atoms with van der Waals surface area (Å²) < 4.78 is 3.37. The zero-order valence-corrected chi connectivity index (χ0v) is 18.1. The number of allylic oxidation sites excluding steroid dienone is 8. The van der Waals surface area contributed by atoms with Gasteiger partial charge in [0.2, 0.25) is 0 Å². The van der Waals surface area contributed by atoms with E-state index in [1.165, 1.54) is 11.1 Å². The van der Waals surface area contributed by atoms with Crippen LogP contribution in [0.3, 0.4) is 0 Å². The molecule has 0 radical (unpaired) electrons. The van der Waals surface area contributed by atoms with Gasteiger partial charge in [0.05, 0.1) is 0 Å². The summed E-state index contributed by atoms with van der Waals surface area (Å²) in [7, 11) is 0. The van der Waals surface area contributed by atoms with Crippen LogP contribution in [0.1, 0.15) is 69.2 Å². The summed E-state index contributed by atoms with van der Waals surface area (Å²) in [6, 6.07) is 0. The zero-order valence-electron chi connectivity index (χ0n) is 15.6. The largest absolute Gasteiger partial charge is 1.00 e. The molecule has 0 spiro atoms. The summed E-state index contributed by atoms with van der Waals surface area (Å²) >= 11 is 0.519. The molecule has 0 atom stereocenters. The molecule has 0 aromatic carbocycles. The molecule has 2 heteroatoms. The first-order chi connectivity index (χ1) is 9.44. The minimum absolute atomic E-state index is 0. The second kappa shape index (κ2) is 6.58. The zero-order chi connectivity index (χ0) is 16.3. The standard InChI is InChI=1S/2C10H15.ClH.Yb/c2*1-7-6-10(4,5)9(3)8(7)2;;/h2*1-5H3;1H;/q;;;+1/p-1. The maximum absolute atomic E-state index is 2.41. The molecule has 2 aliphatic carbocycles. The summed E-state index contributed by atoms with van der Waals surface area (Å²) in [6.45, 7) is 23.5. The molecule has 0 nitrogen and oxygen atoms in total. The van der Waals surface area contributed by atoms with E-state index in [1.54, 1.807) is 23.0 Å². The van der Waals surface area contributed by atoms with Gasteiger partial charge in [-0.2, -0.15) is 0 Å². The Morgan fingerprint density at radius 1 is 0.545 bits per heavy atom. The fourth-order valence-corrected chi connectivity index (χ4v) is 6.78. The smallest absolute Gasteiger partial charge is 1.00 e. The first kappa shape index (κ1) is 20.8. The molecule has 0 heterocycles. The first-order valence-corrected chi connectivity index (χ1v) is 9.48. The fourth-order valence-electron chi connectivity index (χ4n) is 3.35. The van der Waals surface area contributed by atoms with Crippen molar-refractivity contribution < 1.29 is 54.8 Å².